The van der Waals surface area contributed by atoms with Gasteiger partial charge < -0.3 is 15.0 Å². The van der Waals surface area contributed by atoms with Gasteiger partial charge in [0.15, 0.2) is 5.78 Å². The van der Waals surface area contributed by atoms with Crippen LogP contribution < -0.4 is 5.32 Å². The van der Waals surface area contributed by atoms with Gasteiger partial charge in [0.1, 0.15) is 11.3 Å². The number of likely N-dealkylation sites (tertiary alicyclic amines) is 1. The number of amides is 1. The second-order valence-electron chi connectivity index (χ2n) is 9.36. The molecule has 2 atom stereocenters. The number of hydrogen-bond donors (Lipinski definition) is 1. The van der Waals surface area contributed by atoms with Crippen LogP contribution in [0.3, 0.4) is 0 Å². The standard InChI is InChI=1S/C24H29N5O3S/c1-15(17-7-5-6-10-25-17)26-22-27-18-9-12-33-21(18)20(28-22)19(30)13-16-8-11-29(14-16)23(31)32-24(2,3)4/h5-7,9-10,12,15-16H,8,11,13-14H2,1-4H3,(H,26,27,28)/t15-,16?/m0/s1. The van der Waals surface area contributed by atoms with E-state index < -0.39 is 5.60 Å². The van der Waals surface area contributed by atoms with Gasteiger partial charge in [-0.25, -0.2) is 14.8 Å². The molecule has 1 unspecified atom stereocenters. The summed E-state index contributed by atoms with van der Waals surface area (Å²) in [5.74, 6) is 0.456. The lowest BCUT2D eigenvalue weighted by Crippen LogP contribution is -2.35. The van der Waals surface area contributed by atoms with E-state index in [4.69, 9.17) is 4.74 Å². The van der Waals surface area contributed by atoms with E-state index >= 15 is 0 Å². The molecule has 4 heterocycles. The summed E-state index contributed by atoms with van der Waals surface area (Å²) >= 11 is 1.47. The van der Waals surface area contributed by atoms with Gasteiger partial charge in [0.05, 0.1) is 22.0 Å². The molecule has 0 bridgehead atoms. The maximum absolute atomic E-state index is 13.3. The molecule has 0 aliphatic carbocycles. The van der Waals surface area contributed by atoms with Gasteiger partial charge in [-0.05, 0) is 63.6 Å². The molecule has 33 heavy (non-hydrogen) atoms. The number of pyridine rings is 1. The highest BCUT2D eigenvalue weighted by Crippen LogP contribution is 2.29. The highest BCUT2D eigenvalue weighted by molar-refractivity contribution is 7.17. The average molecular weight is 468 g/mol. The molecule has 0 aromatic carbocycles. The quantitative estimate of drug-likeness (QED) is 0.504. The van der Waals surface area contributed by atoms with Gasteiger partial charge in [0, 0.05) is 25.7 Å². The number of hydrogen-bond acceptors (Lipinski definition) is 8. The SMILES string of the molecule is C[C@H](Nc1nc(C(=O)CC2CCN(C(=O)OC(C)(C)C)C2)c2sccc2n1)c1ccccn1. The van der Waals surface area contributed by atoms with Crippen molar-refractivity contribution in [3.8, 4) is 0 Å². The van der Waals surface area contributed by atoms with Crippen molar-refractivity contribution in [3.05, 3.63) is 47.2 Å². The van der Waals surface area contributed by atoms with E-state index in [0.717, 1.165) is 22.3 Å². The fourth-order valence-corrected chi connectivity index (χ4v) is 4.71. The number of fused-ring (bicyclic) bond motifs is 1. The molecule has 1 N–H and O–H groups in total. The zero-order chi connectivity index (χ0) is 23.6. The van der Waals surface area contributed by atoms with E-state index in [1.54, 1.807) is 11.1 Å². The molecule has 0 saturated carbocycles. The van der Waals surface area contributed by atoms with Crippen LogP contribution in [-0.2, 0) is 4.74 Å². The Morgan fingerprint density at radius 3 is 2.82 bits per heavy atom. The van der Waals surface area contributed by atoms with Crippen molar-refractivity contribution in [2.45, 2.75) is 52.2 Å². The number of ether oxygens (including phenoxy) is 1. The van der Waals surface area contributed by atoms with Crippen LogP contribution in [-0.4, -0.2) is 50.4 Å². The minimum Gasteiger partial charge on any atom is -0.444 e. The molecule has 1 saturated heterocycles. The Hall–Kier alpha value is -3.07. The van der Waals surface area contributed by atoms with Crippen LogP contribution in [0.25, 0.3) is 10.2 Å². The topological polar surface area (TPSA) is 97.3 Å². The molecule has 174 valence electrons. The van der Waals surface area contributed by atoms with Crippen molar-refractivity contribution in [2.75, 3.05) is 18.4 Å². The minimum absolute atomic E-state index is 0.0329. The Kier molecular flexibility index (Phi) is 6.60. The summed E-state index contributed by atoms with van der Waals surface area (Å²) in [5.41, 5.74) is 1.51. The van der Waals surface area contributed by atoms with E-state index in [0.29, 0.717) is 31.2 Å². The first kappa shape index (κ1) is 23.1. The highest BCUT2D eigenvalue weighted by atomic mass is 32.1. The number of Topliss-reactive ketones (excluding diaryl/α,β-unsaturated/α-hetero) is 1. The normalized spacial score (nSPS) is 17.2. The third-order valence-corrected chi connectivity index (χ3v) is 6.37. The van der Waals surface area contributed by atoms with Gasteiger partial charge in [-0.2, -0.15) is 0 Å². The molecule has 8 nitrogen and oxygen atoms in total. The van der Waals surface area contributed by atoms with Crippen LogP contribution >= 0.6 is 11.3 Å². The number of carbonyl (C=O) groups is 2. The smallest absolute Gasteiger partial charge is 0.410 e. The molecule has 4 rings (SSSR count). The first-order valence-corrected chi connectivity index (χ1v) is 12.0. The summed E-state index contributed by atoms with van der Waals surface area (Å²) in [6, 6.07) is 7.52. The van der Waals surface area contributed by atoms with Gasteiger partial charge in [-0.15, -0.1) is 11.3 Å². The van der Waals surface area contributed by atoms with Gasteiger partial charge >= 0.3 is 6.09 Å². The molecule has 1 aliphatic heterocycles. The fourth-order valence-electron chi connectivity index (χ4n) is 3.87. The van der Waals surface area contributed by atoms with Gasteiger partial charge in [0.25, 0.3) is 0 Å². The number of aromatic nitrogens is 3. The Balaban J connectivity index is 1.47. The van der Waals surface area contributed by atoms with E-state index in [-0.39, 0.29) is 23.8 Å². The van der Waals surface area contributed by atoms with E-state index in [9.17, 15) is 9.59 Å². The zero-order valence-corrected chi connectivity index (χ0v) is 20.2. The summed E-state index contributed by atoms with van der Waals surface area (Å²) in [6.45, 7) is 8.65. The third kappa shape index (κ3) is 5.65. The lowest BCUT2D eigenvalue weighted by Gasteiger charge is -2.24. The number of ketones is 1. The maximum atomic E-state index is 13.3. The number of carbonyl (C=O) groups excluding carboxylic acids is 2. The van der Waals surface area contributed by atoms with Crippen molar-refractivity contribution in [1.82, 2.24) is 19.9 Å². The zero-order valence-electron chi connectivity index (χ0n) is 19.4. The van der Waals surface area contributed by atoms with Crippen LogP contribution in [0.1, 0.15) is 62.8 Å². The largest absolute Gasteiger partial charge is 0.444 e. The second-order valence-corrected chi connectivity index (χ2v) is 10.3. The Bertz CT molecular complexity index is 1140. The summed E-state index contributed by atoms with van der Waals surface area (Å²) in [4.78, 5) is 40.9. The monoisotopic (exact) mass is 467 g/mol. The van der Waals surface area contributed by atoms with Crippen LogP contribution in [0.4, 0.5) is 10.7 Å². The highest BCUT2D eigenvalue weighted by Gasteiger charge is 2.31. The summed E-state index contributed by atoms with van der Waals surface area (Å²) in [7, 11) is 0. The van der Waals surface area contributed by atoms with Crippen LogP contribution in [0.15, 0.2) is 35.8 Å². The van der Waals surface area contributed by atoms with Crippen molar-refractivity contribution in [1.29, 1.82) is 0 Å². The predicted molar refractivity (Wildman–Crippen MR) is 129 cm³/mol. The van der Waals surface area contributed by atoms with Crippen LogP contribution in [0.2, 0.25) is 0 Å². The average Bonchev–Trinajstić information content (AvgIpc) is 3.42. The van der Waals surface area contributed by atoms with Crippen molar-refractivity contribution in [2.24, 2.45) is 5.92 Å². The number of anilines is 1. The Labute approximate surface area is 197 Å². The maximum Gasteiger partial charge on any atom is 0.410 e. The van der Waals surface area contributed by atoms with Gasteiger partial charge in [-0.1, -0.05) is 6.07 Å². The molecule has 3 aromatic heterocycles. The summed E-state index contributed by atoms with van der Waals surface area (Å²) in [6.07, 6.45) is 2.52. The number of rotatable bonds is 6. The first-order chi connectivity index (χ1) is 15.7. The minimum atomic E-state index is -0.535. The van der Waals surface area contributed by atoms with Crippen molar-refractivity contribution < 1.29 is 14.3 Å². The predicted octanol–water partition coefficient (Wildman–Crippen LogP) is 5.09. The molecule has 3 aromatic rings. The Morgan fingerprint density at radius 2 is 2.09 bits per heavy atom. The molecule has 9 heteroatoms. The summed E-state index contributed by atoms with van der Waals surface area (Å²) in [5, 5.41) is 5.19. The van der Waals surface area contributed by atoms with Crippen molar-refractivity contribution in [3.63, 3.8) is 0 Å². The third-order valence-electron chi connectivity index (χ3n) is 5.46. The van der Waals surface area contributed by atoms with Gasteiger partial charge in [-0.3, -0.25) is 9.78 Å². The van der Waals surface area contributed by atoms with E-state index in [1.807, 2.05) is 57.3 Å². The molecule has 1 amide bonds. The van der Waals surface area contributed by atoms with E-state index in [2.05, 4.69) is 20.3 Å². The van der Waals surface area contributed by atoms with Crippen LogP contribution in [0, 0.1) is 5.92 Å². The molecule has 1 aliphatic rings. The first-order valence-electron chi connectivity index (χ1n) is 11.1. The molecular formula is C24H29N5O3S. The molecular weight excluding hydrogens is 438 g/mol. The van der Waals surface area contributed by atoms with Crippen molar-refractivity contribution >= 4 is 39.4 Å². The Morgan fingerprint density at radius 1 is 1.27 bits per heavy atom. The number of nitrogens with one attached hydrogen (secondary N) is 1. The summed E-state index contributed by atoms with van der Waals surface area (Å²) < 4.78 is 6.26. The lowest BCUT2D eigenvalue weighted by atomic mass is 10.00. The van der Waals surface area contributed by atoms with Crippen LogP contribution in [0.5, 0.6) is 0 Å². The van der Waals surface area contributed by atoms with Gasteiger partial charge in [0.2, 0.25) is 5.95 Å². The lowest BCUT2D eigenvalue weighted by molar-refractivity contribution is 0.0286. The second kappa shape index (κ2) is 9.43. The molecule has 1 fully saturated rings. The number of thiophene rings is 1. The fraction of sp³-hybridized carbons (Fsp3) is 0.458. The van der Waals surface area contributed by atoms with E-state index in [1.165, 1.54) is 11.3 Å². The molecule has 0 radical (unpaired) electrons. The molecule has 0 spiro atoms. The number of nitrogens with zero attached hydrogens (tertiary/aromatic N) is 4.